The fraction of sp³-hybridized carbons (Fsp3) is 0.471. The predicted octanol–water partition coefficient (Wildman–Crippen LogP) is 1.62. The van der Waals surface area contributed by atoms with Gasteiger partial charge in [0.25, 0.3) is 0 Å². The molecule has 0 spiro atoms. The highest BCUT2D eigenvalue weighted by atomic mass is 16.4. The molecular weight excluding hydrogens is 292 g/mol. The molecule has 0 saturated carbocycles. The molecule has 1 amide bonds. The smallest absolute Gasteiger partial charge is 0.228 e. The number of nitrogens with one attached hydrogen (secondary N) is 1. The van der Waals surface area contributed by atoms with Crippen LogP contribution >= 0.6 is 0 Å². The first-order valence-corrected chi connectivity index (χ1v) is 8.17. The van der Waals surface area contributed by atoms with Crippen LogP contribution in [0.15, 0.2) is 28.9 Å². The summed E-state index contributed by atoms with van der Waals surface area (Å²) in [6, 6.07) is 3.80. The fourth-order valence-corrected chi connectivity index (χ4v) is 3.29. The Bertz CT molecular complexity index is 692. The minimum atomic E-state index is 0.232. The SMILES string of the molecule is O=C(CC1CCNC1)N1CCc2oc(-c3cccnc3)nc2C1. The van der Waals surface area contributed by atoms with Gasteiger partial charge in [-0.2, -0.15) is 0 Å². The van der Waals surface area contributed by atoms with E-state index in [4.69, 9.17) is 4.42 Å². The predicted molar refractivity (Wildman–Crippen MR) is 84.4 cm³/mol. The molecule has 1 fully saturated rings. The summed E-state index contributed by atoms with van der Waals surface area (Å²) >= 11 is 0. The lowest BCUT2D eigenvalue weighted by Crippen LogP contribution is -2.36. The summed E-state index contributed by atoms with van der Waals surface area (Å²) in [7, 11) is 0. The highest BCUT2D eigenvalue weighted by Crippen LogP contribution is 2.26. The summed E-state index contributed by atoms with van der Waals surface area (Å²) in [6.07, 6.45) is 5.94. The Morgan fingerprint density at radius 3 is 3.22 bits per heavy atom. The van der Waals surface area contributed by atoms with Gasteiger partial charge < -0.3 is 14.6 Å². The van der Waals surface area contributed by atoms with E-state index in [9.17, 15) is 4.79 Å². The Morgan fingerprint density at radius 1 is 1.48 bits per heavy atom. The molecule has 0 radical (unpaired) electrons. The summed E-state index contributed by atoms with van der Waals surface area (Å²) < 4.78 is 5.85. The number of carbonyl (C=O) groups excluding carboxylic acids is 1. The quantitative estimate of drug-likeness (QED) is 0.932. The third kappa shape index (κ3) is 2.99. The fourth-order valence-electron chi connectivity index (χ4n) is 3.29. The zero-order valence-electron chi connectivity index (χ0n) is 13.0. The lowest BCUT2D eigenvalue weighted by atomic mass is 10.0. The molecule has 1 N–H and O–H groups in total. The van der Waals surface area contributed by atoms with Gasteiger partial charge in [-0.3, -0.25) is 9.78 Å². The molecule has 2 aliphatic heterocycles. The van der Waals surface area contributed by atoms with Crippen molar-refractivity contribution in [2.75, 3.05) is 19.6 Å². The lowest BCUT2D eigenvalue weighted by Gasteiger charge is -2.26. The van der Waals surface area contributed by atoms with E-state index < -0.39 is 0 Å². The van der Waals surface area contributed by atoms with E-state index in [1.165, 1.54) is 0 Å². The topological polar surface area (TPSA) is 71.3 Å². The molecule has 23 heavy (non-hydrogen) atoms. The van der Waals surface area contributed by atoms with Gasteiger partial charge in [-0.15, -0.1) is 0 Å². The number of hydrogen-bond donors (Lipinski definition) is 1. The van der Waals surface area contributed by atoms with Crippen molar-refractivity contribution in [1.29, 1.82) is 0 Å². The van der Waals surface area contributed by atoms with Gasteiger partial charge in [0.05, 0.1) is 12.1 Å². The summed E-state index contributed by atoms with van der Waals surface area (Å²) in [5.74, 6) is 2.20. The van der Waals surface area contributed by atoms with Crippen LogP contribution in [-0.2, 0) is 17.8 Å². The second-order valence-corrected chi connectivity index (χ2v) is 6.26. The number of rotatable bonds is 3. The molecule has 4 heterocycles. The Labute approximate surface area is 134 Å². The summed E-state index contributed by atoms with van der Waals surface area (Å²) in [4.78, 5) is 23.1. The minimum Gasteiger partial charge on any atom is -0.441 e. The van der Waals surface area contributed by atoms with E-state index in [0.29, 0.717) is 31.3 Å². The third-order valence-corrected chi connectivity index (χ3v) is 4.61. The molecule has 6 heteroatoms. The zero-order chi connectivity index (χ0) is 15.6. The monoisotopic (exact) mass is 312 g/mol. The first-order valence-electron chi connectivity index (χ1n) is 8.17. The van der Waals surface area contributed by atoms with Crippen LogP contribution in [0.5, 0.6) is 0 Å². The molecule has 2 aromatic rings. The Balaban J connectivity index is 1.46. The van der Waals surface area contributed by atoms with E-state index in [1.54, 1.807) is 12.4 Å². The molecule has 0 aromatic carbocycles. The lowest BCUT2D eigenvalue weighted by molar-refractivity contribution is -0.133. The standard InChI is InChI=1S/C17H20N4O2/c22-16(8-12-3-6-19-9-12)21-7-4-15-14(11-21)20-17(23-15)13-2-1-5-18-10-13/h1-2,5,10,12,19H,3-4,6-9,11H2. The van der Waals surface area contributed by atoms with E-state index in [1.807, 2.05) is 17.0 Å². The van der Waals surface area contributed by atoms with E-state index in [0.717, 1.165) is 42.9 Å². The highest BCUT2D eigenvalue weighted by Gasteiger charge is 2.28. The molecule has 0 aliphatic carbocycles. The van der Waals surface area contributed by atoms with Crippen LogP contribution < -0.4 is 5.32 Å². The summed E-state index contributed by atoms with van der Waals surface area (Å²) in [5, 5.41) is 3.31. The Kier molecular flexibility index (Phi) is 3.83. The molecule has 1 saturated heterocycles. The van der Waals surface area contributed by atoms with Crippen LogP contribution in [0, 0.1) is 5.92 Å². The molecule has 2 aromatic heterocycles. The molecule has 0 bridgehead atoms. The number of pyridine rings is 1. The largest absolute Gasteiger partial charge is 0.441 e. The maximum absolute atomic E-state index is 12.5. The van der Waals surface area contributed by atoms with Crippen molar-refractivity contribution in [2.45, 2.75) is 25.8 Å². The second kappa shape index (κ2) is 6.12. The van der Waals surface area contributed by atoms with Crippen LogP contribution in [0.4, 0.5) is 0 Å². The maximum Gasteiger partial charge on any atom is 0.228 e. The molecule has 4 rings (SSSR count). The number of fused-ring (bicyclic) bond motifs is 1. The number of carbonyl (C=O) groups is 1. The van der Waals surface area contributed by atoms with Gasteiger partial charge in [-0.1, -0.05) is 0 Å². The first-order chi connectivity index (χ1) is 11.3. The summed E-state index contributed by atoms with van der Waals surface area (Å²) in [5.41, 5.74) is 1.75. The van der Waals surface area contributed by atoms with Crippen molar-refractivity contribution in [1.82, 2.24) is 20.2 Å². The van der Waals surface area contributed by atoms with Crippen molar-refractivity contribution >= 4 is 5.91 Å². The third-order valence-electron chi connectivity index (χ3n) is 4.61. The number of oxazole rings is 1. The Hall–Kier alpha value is -2.21. The first kappa shape index (κ1) is 14.4. The van der Waals surface area contributed by atoms with Crippen molar-refractivity contribution in [2.24, 2.45) is 5.92 Å². The minimum absolute atomic E-state index is 0.232. The molecule has 6 nitrogen and oxygen atoms in total. The molecular formula is C17H20N4O2. The van der Waals surface area contributed by atoms with Gasteiger partial charge in [0, 0.05) is 31.8 Å². The van der Waals surface area contributed by atoms with Crippen molar-refractivity contribution < 1.29 is 9.21 Å². The van der Waals surface area contributed by atoms with E-state index in [2.05, 4.69) is 15.3 Å². The second-order valence-electron chi connectivity index (χ2n) is 6.26. The van der Waals surface area contributed by atoms with Gasteiger partial charge in [0.15, 0.2) is 0 Å². The van der Waals surface area contributed by atoms with Crippen LogP contribution in [-0.4, -0.2) is 40.4 Å². The van der Waals surface area contributed by atoms with Crippen molar-refractivity contribution in [3.8, 4) is 11.5 Å². The van der Waals surface area contributed by atoms with Gasteiger partial charge >= 0.3 is 0 Å². The van der Waals surface area contributed by atoms with Crippen LogP contribution in [0.2, 0.25) is 0 Å². The number of aromatic nitrogens is 2. The zero-order valence-corrected chi connectivity index (χ0v) is 13.0. The van der Waals surface area contributed by atoms with Gasteiger partial charge in [-0.05, 0) is 37.6 Å². The van der Waals surface area contributed by atoms with E-state index in [-0.39, 0.29) is 5.91 Å². The molecule has 120 valence electrons. The van der Waals surface area contributed by atoms with E-state index >= 15 is 0 Å². The van der Waals surface area contributed by atoms with Gasteiger partial charge in [-0.25, -0.2) is 4.98 Å². The molecule has 2 aliphatic rings. The normalized spacial score (nSPS) is 20.5. The summed E-state index contributed by atoms with van der Waals surface area (Å²) in [6.45, 7) is 3.26. The van der Waals surface area contributed by atoms with Crippen molar-refractivity contribution in [3.63, 3.8) is 0 Å². The van der Waals surface area contributed by atoms with Gasteiger partial charge in [0.1, 0.15) is 11.5 Å². The van der Waals surface area contributed by atoms with Gasteiger partial charge in [0.2, 0.25) is 11.8 Å². The van der Waals surface area contributed by atoms with Crippen LogP contribution in [0.25, 0.3) is 11.5 Å². The van der Waals surface area contributed by atoms with Crippen LogP contribution in [0.3, 0.4) is 0 Å². The number of nitrogens with zero attached hydrogens (tertiary/aromatic N) is 3. The number of amides is 1. The average molecular weight is 312 g/mol. The molecule has 1 unspecified atom stereocenters. The average Bonchev–Trinajstić information content (AvgIpc) is 3.24. The van der Waals surface area contributed by atoms with Crippen LogP contribution in [0.1, 0.15) is 24.3 Å². The maximum atomic E-state index is 12.5. The van der Waals surface area contributed by atoms with Crippen molar-refractivity contribution in [3.05, 3.63) is 36.0 Å². The Morgan fingerprint density at radius 2 is 2.43 bits per heavy atom. The number of hydrogen-bond acceptors (Lipinski definition) is 5. The molecule has 1 atom stereocenters. The highest BCUT2D eigenvalue weighted by molar-refractivity contribution is 5.76.